The highest BCUT2D eigenvalue weighted by Gasteiger charge is 2.36. The number of nitrogens with one attached hydrogen (secondary N) is 12. The van der Waals surface area contributed by atoms with E-state index in [0.29, 0.717) is 45.2 Å². The minimum atomic E-state index is -1.00. The highest BCUT2D eigenvalue weighted by molar-refractivity contribution is 7.98. The van der Waals surface area contributed by atoms with Crippen LogP contribution in [0, 0.1) is 17.8 Å². The van der Waals surface area contributed by atoms with Gasteiger partial charge in [-0.05, 0) is 49.5 Å². The molecule has 0 aliphatic carbocycles. The summed E-state index contributed by atoms with van der Waals surface area (Å²) in [7, 11) is 0. The smallest absolute Gasteiger partial charge is 0.327 e. The van der Waals surface area contributed by atoms with Crippen molar-refractivity contribution in [3.05, 3.63) is 0 Å². The molecule has 12 atom stereocenters. The molecule has 6 saturated heterocycles. The molecule has 76 heavy (non-hydrogen) atoms. The maximum atomic E-state index is 11.5. The van der Waals surface area contributed by atoms with Crippen LogP contribution in [0.1, 0.15) is 67.7 Å². The Labute approximate surface area is 443 Å². The Morgan fingerprint density at radius 3 is 1.20 bits per heavy atom. The van der Waals surface area contributed by atoms with Crippen LogP contribution < -0.4 is 63.8 Å². The van der Waals surface area contributed by atoms with E-state index in [9.17, 15) is 57.5 Å². The first-order valence-electron chi connectivity index (χ1n) is 24.6. The quantitative estimate of drug-likeness (QED) is 0.0771. The Morgan fingerprint density at radius 2 is 0.868 bits per heavy atom. The molecule has 0 spiro atoms. The number of carbonyl (C=O) groups excluding carboxylic acids is 6. The molecule has 30 nitrogen and oxygen atoms in total. The molecule has 18 N–H and O–H groups in total. The maximum Gasteiger partial charge on any atom is 0.327 e. The van der Waals surface area contributed by atoms with Crippen molar-refractivity contribution in [1.29, 1.82) is 0 Å². The van der Waals surface area contributed by atoms with Gasteiger partial charge in [0.05, 0.1) is 36.8 Å². The van der Waals surface area contributed by atoms with Crippen molar-refractivity contribution < 1.29 is 88.2 Å². The summed E-state index contributed by atoms with van der Waals surface area (Å²) in [4.78, 5) is 130. The lowest BCUT2D eigenvalue weighted by Crippen LogP contribution is -2.62. The first-order valence-corrected chi connectivity index (χ1v) is 26.0. The van der Waals surface area contributed by atoms with Gasteiger partial charge in [-0.1, -0.05) is 48.0 Å². The monoisotopic (exact) mass is 1110 g/mol. The van der Waals surface area contributed by atoms with Gasteiger partial charge in [-0.15, -0.1) is 0 Å². The second kappa shape index (κ2) is 34.4. The van der Waals surface area contributed by atoms with Crippen LogP contribution in [0.3, 0.4) is 0 Å². The molecule has 31 heteroatoms. The van der Waals surface area contributed by atoms with Crippen molar-refractivity contribution >= 4 is 83.0 Å². The van der Waals surface area contributed by atoms with E-state index in [4.69, 9.17) is 30.6 Å². The molecule has 432 valence electrons. The number of carboxylic acids is 6. The van der Waals surface area contributed by atoms with Crippen molar-refractivity contribution in [3.63, 3.8) is 0 Å². The third-order valence-corrected chi connectivity index (χ3v) is 12.6. The maximum absolute atomic E-state index is 11.5. The minimum absolute atomic E-state index is 0.176. The molecule has 0 radical (unpaired) electrons. The number of hydrogen-bond donors (Lipinski definition) is 18. The molecule has 6 aliphatic rings. The van der Waals surface area contributed by atoms with Gasteiger partial charge in [0, 0.05) is 39.3 Å². The summed E-state index contributed by atoms with van der Waals surface area (Å²) in [5.41, 5.74) is 0. The van der Waals surface area contributed by atoms with Crippen LogP contribution in [0.4, 0.5) is 0 Å². The van der Waals surface area contributed by atoms with E-state index in [-0.39, 0.29) is 84.0 Å². The normalized spacial score (nSPS) is 28.3. The van der Waals surface area contributed by atoms with E-state index in [1.54, 1.807) is 18.7 Å². The number of piperazine rings is 6. The first kappa shape index (κ1) is 67.8. The summed E-state index contributed by atoms with van der Waals surface area (Å²) in [5.74, 6) is -5.65. The van der Waals surface area contributed by atoms with Crippen LogP contribution in [-0.2, 0) is 57.5 Å². The molecule has 12 unspecified atom stereocenters. The zero-order valence-electron chi connectivity index (χ0n) is 43.9. The van der Waals surface area contributed by atoms with E-state index >= 15 is 0 Å². The molecule has 0 saturated carbocycles. The predicted octanol–water partition coefficient (Wildman–Crippen LogP) is -5.68. The first-order chi connectivity index (χ1) is 35.5. The number of carboxylic acid groups (broad SMARTS) is 6. The van der Waals surface area contributed by atoms with Crippen molar-refractivity contribution in [2.24, 2.45) is 17.8 Å². The molecule has 0 aromatic carbocycles. The van der Waals surface area contributed by atoms with Gasteiger partial charge < -0.3 is 94.4 Å². The van der Waals surface area contributed by atoms with E-state index in [1.807, 2.05) is 47.8 Å². The molecule has 0 aromatic rings. The summed E-state index contributed by atoms with van der Waals surface area (Å²) in [6, 6.07) is -5.98. The fourth-order valence-corrected chi connectivity index (χ4v) is 7.74. The largest absolute Gasteiger partial charge is 0.480 e. The number of rotatable bonds is 14. The van der Waals surface area contributed by atoms with Crippen LogP contribution >= 0.6 is 11.8 Å². The number of aliphatic carboxylic acids is 6. The Balaban J connectivity index is 0.000000458. The van der Waals surface area contributed by atoms with Gasteiger partial charge in [0.15, 0.2) is 0 Å². The van der Waals surface area contributed by atoms with Crippen molar-refractivity contribution in [2.45, 2.75) is 134 Å². The molecule has 0 bridgehead atoms. The lowest BCUT2D eigenvalue weighted by atomic mass is 9.96. The predicted molar refractivity (Wildman–Crippen MR) is 272 cm³/mol. The molecule has 6 aliphatic heterocycles. The number of amides is 6. The third-order valence-electron chi connectivity index (χ3n) is 12.0. The van der Waals surface area contributed by atoms with E-state index < -0.39 is 72.1 Å². The SMILES string of the molecule is CC(C)C1NCC(C(=O)O)NC1=O.CC(C)CC1NCC(C(=O)O)NC1=O.CC1NCC(C(=O)O)NC1=O.CCC(C)C1NCC(C(=O)O)NC1=O.CSCCC1NCC(C(=O)O)NC1=O.O=C1CNCC(C(=O)O)N1. The summed E-state index contributed by atoms with van der Waals surface area (Å²) in [6.07, 6.45) is 4.33. The third kappa shape index (κ3) is 24.6. The zero-order chi connectivity index (χ0) is 58.0. The number of thioether (sulfide) groups is 1. The highest BCUT2D eigenvalue weighted by Crippen LogP contribution is 2.12. The highest BCUT2D eigenvalue weighted by atomic mass is 32.2. The molecule has 6 amide bonds. The van der Waals surface area contributed by atoms with Gasteiger partial charge in [0.1, 0.15) is 36.3 Å². The van der Waals surface area contributed by atoms with E-state index in [1.165, 1.54) is 0 Å². The number of hydrogen-bond acceptors (Lipinski definition) is 19. The van der Waals surface area contributed by atoms with Gasteiger partial charge in [0.2, 0.25) is 35.4 Å². The van der Waals surface area contributed by atoms with Gasteiger partial charge in [-0.2, -0.15) is 11.8 Å². The van der Waals surface area contributed by atoms with Gasteiger partial charge in [-0.3, -0.25) is 28.8 Å². The van der Waals surface area contributed by atoms with E-state index in [2.05, 4.69) is 63.8 Å². The summed E-state index contributed by atoms with van der Waals surface area (Å²) >= 11 is 1.67. The molecule has 6 fully saturated rings. The molecular weight excluding hydrogens is 1030 g/mol. The lowest BCUT2D eigenvalue weighted by Gasteiger charge is -2.31. The van der Waals surface area contributed by atoms with Crippen LogP contribution in [0.2, 0.25) is 0 Å². The topological polar surface area (TPSA) is 471 Å². The number of carbonyl (C=O) groups is 12. The van der Waals surface area contributed by atoms with Crippen molar-refractivity contribution in [2.75, 3.05) is 57.8 Å². The van der Waals surface area contributed by atoms with Crippen molar-refractivity contribution in [1.82, 2.24) is 63.8 Å². The van der Waals surface area contributed by atoms with Crippen molar-refractivity contribution in [3.8, 4) is 0 Å². The van der Waals surface area contributed by atoms with Crippen LogP contribution in [0.5, 0.6) is 0 Å². The molecular formula is C45H78N12O18S. The van der Waals surface area contributed by atoms with Gasteiger partial charge in [-0.25, -0.2) is 28.8 Å². The molecule has 6 heterocycles. The Morgan fingerprint density at radius 1 is 0.500 bits per heavy atom. The van der Waals surface area contributed by atoms with Gasteiger partial charge >= 0.3 is 35.8 Å². The fourth-order valence-electron chi connectivity index (χ4n) is 7.27. The van der Waals surface area contributed by atoms with E-state index in [0.717, 1.165) is 25.0 Å². The van der Waals surface area contributed by atoms with Gasteiger partial charge in [0.25, 0.3) is 0 Å². The zero-order valence-corrected chi connectivity index (χ0v) is 44.7. The molecule has 6 rings (SSSR count). The van der Waals surface area contributed by atoms with Crippen LogP contribution in [0.15, 0.2) is 0 Å². The average molecular weight is 1110 g/mol. The lowest BCUT2D eigenvalue weighted by molar-refractivity contribution is -0.144. The van der Waals surface area contributed by atoms with Crippen LogP contribution in [0.25, 0.3) is 0 Å². The van der Waals surface area contributed by atoms with Crippen LogP contribution in [-0.4, -0.2) is 226 Å². The Bertz CT molecular complexity index is 2020. The second-order valence-electron chi connectivity index (χ2n) is 19.0. The summed E-state index contributed by atoms with van der Waals surface area (Å²) in [6.45, 7) is 15.6. The summed E-state index contributed by atoms with van der Waals surface area (Å²) in [5, 5.41) is 83.2. The second-order valence-corrected chi connectivity index (χ2v) is 19.9. The average Bonchev–Trinajstić information content (AvgIpc) is 3.35. The molecule has 0 aromatic heterocycles. The Kier molecular flexibility index (Phi) is 30.7. The fraction of sp³-hybridized carbons (Fsp3) is 0.733. The minimum Gasteiger partial charge on any atom is -0.480 e. The summed E-state index contributed by atoms with van der Waals surface area (Å²) < 4.78 is 0. The Hall–Kier alpha value is -6.25. The standard InChI is InChI=1S/2C9H16N2O3.C8H14N2O3S.C8H14N2O3.C6H10N2O3.C5H8N2O3/c1-5(2)3-6-8(12)11-7(4-10-6)9(13)14;1-3-5(2)7-8(12)11-6(4-10-7)9(13)14;1-14-3-2-5-7(11)10-6(4-9-5)8(12)13;1-4(2)6-7(11)10-5(3-9-6)8(12)13;1-3-5(9)8-4(2-7-3)6(10)11;8-4-2-6-1-3(7-4)5(9)10/h2*5-7,10H,3-4H2,1-2H3,(H,11,12)(H,13,14);5-6,9H,2-4H2,1H3,(H,10,11)(H,12,13);4-6,9H,3H2,1-2H3,(H,10,11)(H,12,13);3-4,7H,2H2,1H3,(H,8,9)(H,10,11);3,6H,1-2H2,(H,7,8)(H,9,10).